The van der Waals surface area contributed by atoms with Crippen LogP contribution in [0.3, 0.4) is 0 Å². The molecular weight excluding hydrogens is 110 g/mol. The zero-order valence-electron chi connectivity index (χ0n) is 6.02. The van der Waals surface area contributed by atoms with Crippen molar-refractivity contribution in [2.24, 2.45) is 5.73 Å². The van der Waals surface area contributed by atoms with Gasteiger partial charge in [-0.15, -0.1) is 0 Å². The second kappa shape index (κ2) is 3.96. The highest BCUT2D eigenvalue weighted by atomic mass is 14.6. The van der Waals surface area contributed by atoms with Gasteiger partial charge in [0.2, 0.25) is 0 Å². The van der Waals surface area contributed by atoms with E-state index < -0.39 is 0 Å². The number of rotatable bonds is 2. The van der Waals surface area contributed by atoms with Crippen molar-refractivity contribution in [3.8, 4) is 0 Å². The Hall–Kier alpha value is -0.980. The summed E-state index contributed by atoms with van der Waals surface area (Å²) in [6.45, 7) is 7.43. The number of hydrogen-bond donors (Lipinski definition) is 1. The van der Waals surface area contributed by atoms with Crippen molar-refractivity contribution >= 4 is 0 Å². The summed E-state index contributed by atoms with van der Waals surface area (Å²) in [4.78, 5) is 0. The van der Waals surface area contributed by atoms with E-state index in [0.717, 1.165) is 11.3 Å². The maximum Gasteiger partial charge on any atom is 0.0300 e. The molecule has 0 aromatic heterocycles. The van der Waals surface area contributed by atoms with Crippen molar-refractivity contribution in [3.63, 3.8) is 0 Å². The minimum absolute atomic E-state index is 0.815. The van der Waals surface area contributed by atoms with E-state index in [2.05, 4.69) is 6.58 Å². The van der Waals surface area contributed by atoms with Crippen LogP contribution >= 0.6 is 0 Å². The molecule has 0 spiro atoms. The Morgan fingerprint density at radius 3 is 2.44 bits per heavy atom. The first-order chi connectivity index (χ1) is 4.22. The van der Waals surface area contributed by atoms with Crippen LogP contribution < -0.4 is 5.73 Å². The van der Waals surface area contributed by atoms with Crippen molar-refractivity contribution in [2.75, 3.05) is 0 Å². The number of hydrogen-bond acceptors (Lipinski definition) is 1. The normalized spacial score (nSPS) is 13.6. The van der Waals surface area contributed by atoms with Crippen LogP contribution in [0.2, 0.25) is 0 Å². The van der Waals surface area contributed by atoms with Crippen molar-refractivity contribution in [1.29, 1.82) is 0 Å². The van der Waals surface area contributed by atoms with Crippen molar-refractivity contribution in [3.05, 3.63) is 36.1 Å². The summed E-state index contributed by atoms with van der Waals surface area (Å²) < 4.78 is 0. The van der Waals surface area contributed by atoms with E-state index in [1.165, 1.54) is 0 Å². The smallest absolute Gasteiger partial charge is 0.0300 e. The molecular formula is C8H13N. The molecule has 0 aromatic carbocycles. The largest absolute Gasteiger partial charge is 0.399 e. The van der Waals surface area contributed by atoms with Gasteiger partial charge < -0.3 is 5.73 Å². The average Bonchev–Trinajstić information content (AvgIpc) is 1.87. The van der Waals surface area contributed by atoms with E-state index in [0.29, 0.717) is 0 Å². The lowest BCUT2D eigenvalue weighted by molar-refractivity contribution is 1.27. The highest BCUT2D eigenvalue weighted by molar-refractivity contribution is 5.28. The molecule has 0 amide bonds. The summed E-state index contributed by atoms with van der Waals surface area (Å²) in [5.41, 5.74) is 7.42. The highest BCUT2D eigenvalue weighted by Crippen LogP contribution is 2.00. The van der Waals surface area contributed by atoms with Gasteiger partial charge in [-0.05, 0) is 19.4 Å². The Labute approximate surface area is 56.6 Å². The van der Waals surface area contributed by atoms with Gasteiger partial charge in [0, 0.05) is 5.70 Å². The third-order valence-electron chi connectivity index (χ3n) is 1.13. The molecule has 0 rings (SSSR count). The highest BCUT2D eigenvalue weighted by Gasteiger charge is 1.86. The van der Waals surface area contributed by atoms with Crippen LogP contribution in [0.5, 0.6) is 0 Å². The third kappa shape index (κ3) is 2.75. The van der Waals surface area contributed by atoms with Crippen LogP contribution in [0.25, 0.3) is 0 Å². The molecule has 0 bridgehead atoms. The lowest BCUT2D eigenvalue weighted by Crippen LogP contribution is -1.96. The molecule has 0 radical (unpaired) electrons. The molecule has 0 unspecified atom stereocenters. The third-order valence-corrected chi connectivity index (χ3v) is 1.13. The predicted octanol–water partition coefficient (Wildman–Crippen LogP) is 1.98. The fourth-order valence-electron chi connectivity index (χ4n) is 0.501. The second-order valence-electron chi connectivity index (χ2n) is 1.83. The molecule has 1 heteroatoms. The van der Waals surface area contributed by atoms with E-state index in [-0.39, 0.29) is 0 Å². The first-order valence-electron chi connectivity index (χ1n) is 2.93. The Balaban J connectivity index is 4.19. The molecule has 0 heterocycles. The van der Waals surface area contributed by atoms with Crippen LogP contribution in [0.4, 0.5) is 0 Å². The quantitative estimate of drug-likeness (QED) is 0.558. The predicted molar refractivity (Wildman–Crippen MR) is 41.9 cm³/mol. The van der Waals surface area contributed by atoms with Gasteiger partial charge >= 0.3 is 0 Å². The summed E-state index contributed by atoms with van der Waals surface area (Å²) >= 11 is 0. The van der Waals surface area contributed by atoms with Gasteiger partial charge in [0.15, 0.2) is 0 Å². The monoisotopic (exact) mass is 123 g/mol. The molecule has 0 aliphatic rings. The van der Waals surface area contributed by atoms with Gasteiger partial charge in [-0.1, -0.05) is 24.8 Å². The molecule has 50 valence electrons. The van der Waals surface area contributed by atoms with Gasteiger partial charge in [0.1, 0.15) is 0 Å². The van der Waals surface area contributed by atoms with Crippen LogP contribution in [-0.4, -0.2) is 0 Å². The summed E-state index contributed by atoms with van der Waals surface area (Å²) in [5, 5.41) is 0. The van der Waals surface area contributed by atoms with Gasteiger partial charge in [-0.25, -0.2) is 0 Å². The maximum absolute atomic E-state index is 5.55. The molecule has 0 aliphatic heterocycles. The van der Waals surface area contributed by atoms with Crippen molar-refractivity contribution < 1.29 is 0 Å². The van der Waals surface area contributed by atoms with Crippen LogP contribution in [-0.2, 0) is 0 Å². The minimum atomic E-state index is 0.815. The fourth-order valence-corrected chi connectivity index (χ4v) is 0.501. The maximum atomic E-state index is 5.55. The minimum Gasteiger partial charge on any atom is -0.399 e. The van der Waals surface area contributed by atoms with E-state index >= 15 is 0 Å². The van der Waals surface area contributed by atoms with Crippen LogP contribution in [0.1, 0.15) is 13.8 Å². The van der Waals surface area contributed by atoms with Crippen molar-refractivity contribution in [1.82, 2.24) is 0 Å². The zero-order valence-corrected chi connectivity index (χ0v) is 6.02. The summed E-state index contributed by atoms with van der Waals surface area (Å²) in [5.74, 6) is 0. The molecule has 0 fully saturated rings. The Bertz CT molecular complexity index is 152. The summed E-state index contributed by atoms with van der Waals surface area (Å²) in [6, 6.07) is 0. The van der Waals surface area contributed by atoms with Crippen LogP contribution in [0, 0.1) is 0 Å². The summed E-state index contributed by atoms with van der Waals surface area (Å²) in [7, 11) is 0. The second-order valence-corrected chi connectivity index (χ2v) is 1.83. The number of nitrogens with two attached hydrogens (primary N) is 1. The molecule has 0 aromatic rings. The van der Waals surface area contributed by atoms with Gasteiger partial charge in [-0.3, -0.25) is 0 Å². The zero-order chi connectivity index (χ0) is 7.28. The van der Waals surface area contributed by atoms with E-state index in [1.54, 1.807) is 6.08 Å². The first kappa shape index (κ1) is 8.02. The average molecular weight is 123 g/mol. The van der Waals surface area contributed by atoms with Gasteiger partial charge in [-0.2, -0.15) is 0 Å². The SMILES string of the molecule is C=C/C=C(C)\C(N)=C/C. The molecule has 0 aliphatic carbocycles. The van der Waals surface area contributed by atoms with E-state index in [4.69, 9.17) is 5.73 Å². The van der Waals surface area contributed by atoms with Crippen LogP contribution in [0.15, 0.2) is 36.1 Å². The Morgan fingerprint density at radius 2 is 2.11 bits per heavy atom. The van der Waals surface area contributed by atoms with Gasteiger partial charge in [0.05, 0.1) is 0 Å². The lowest BCUT2D eigenvalue weighted by atomic mass is 10.2. The molecule has 9 heavy (non-hydrogen) atoms. The Kier molecular flexibility index (Phi) is 3.52. The molecule has 2 N–H and O–H groups in total. The molecule has 0 saturated heterocycles. The summed E-state index contributed by atoms with van der Waals surface area (Å²) in [6.07, 6.45) is 5.48. The molecule has 0 atom stereocenters. The van der Waals surface area contributed by atoms with E-state index in [1.807, 2.05) is 26.0 Å². The topological polar surface area (TPSA) is 26.0 Å². The van der Waals surface area contributed by atoms with E-state index in [9.17, 15) is 0 Å². The first-order valence-corrected chi connectivity index (χ1v) is 2.93. The fraction of sp³-hybridized carbons (Fsp3) is 0.250. The molecule has 0 saturated carbocycles. The standard InChI is InChI=1S/C8H13N/c1-4-6-7(3)8(9)5-2/h4-6H,1,9H2,2-3H3/b7-6-,8-5+. The van der Waals surface area contributed by atoms with Crippen molar-refractivity contribution in [2.45, 2.75) is 13.8 Å². The van der Waals surface area contributed by atoms with Gasteiger partial charge in [0.25, 0.3) is 0 Å². The Morgan fingerprint density at radius 1 is 1.56 bits per heavy atom. The lowest BCUT2D eigenvalue weighted by Gasteiger charge is -1.96. The number of allylic oxidation sites excluding steroid dienone is 4. The molecule has 1 nitrogen and oxygen atoms in total.